The van der Waals surface area contributed by atoms with Crippen LogP contribution in [0.15, 0.2) is 18.2 Å². The molecule has 0 bridgehead atoms. The first-order chi connectivity index (χ1) is 7.54. The Bertz CT molecular complexity index is 434. The number of halogens is 1. The molecule has 1 aromatic rings. The first-order valence-corrected chi connectivity index (χ1v) is 5.43. The Morgan fingerprint density at radius 3 is 2.88 bits per heavy atom. The van der Waals surface area contributed by atoms with E-state index in [1.807, 2.05) is 19.9 Å². The molecule has 0 aromatic heterocycles. The SMILES string of the molecule is C#CCC(C)NC(=O)c1ccc(C)c(Cl)c1. The molecule has 1 rings (SSSR count). The third-order valence-corrected chi connectivity index (χ3v) is 2.64. The van der Waals surface area contributed by atoms with Gasteiger partial charge >= 0.3 is 0 Å². The fraction of sp³-hybridized carbons (Fsp3) is 0.308. The van der Waals surface area contributed by atoms with Gasteiger partial charge in [0.05, 0.1) is 0 Å². The summed E-state index contributed by atoms with van der Waals surface area (Å²) in [6.07, 6.45) is 5.68. The van der Waals surface area contributed by atoms with Crippen LogP contribution in [0.2, 0.25) is 5.02 Å². The molecule has 0 radical (unpaired) electrons. The Morgan fingerprint density at radius 2 is 2.31 bits per heavy atom. The van der Waals surface area contributed by atoms with Crippen molar-refractivity contribution in [3.05, 3.63) is 34.3 Å². The zero-order chi connectivity index (χ0) is 12.1. The minimum atomic E-state index is -0.148. The van der Waals surface area contributed by atoms with E-state index in [4.69, 9.17) is 18.0 Å². The first-order valence-electron chi connectivity index (χ1n) is 5.05. The van der Waals surface area contributed by atoms with Crippen LogP contribution in [0, 0.1) is 19.3 Å². The van der Waals surface area contributed by atoms with Gasteiger partial charge in [-0.1, -0.05) is 17.7 Å². The standard InChI is InChI=1S/C13H14ClNO/c1-4-5-10(3)15-13(16)11-7-6-9(2)12(14)8-11/h1,6-8,10H,5H2,2-3H3,(H,15,16). The first kappa shape index (κ1) is 12.6. The van der Waals surface area contributed by atoms with E-state index in [0.29, 0.717) is 17.0 Å². The number of carbonyl (C=O) groups is 1. The molecule has 1 amide bonds. The Kier molecular flexibility index (Phi) is 4.39. The highest BCUT2D eigenvalue weighted by molar-refractivity contribution is 6.31. The quantitative estimate of drug-likeness (QED) is 0.802. The second-order valence-corrected chi connectivity index (χ2v) is 4.15. The van der Waals surface area contributed by atoms with Crippen molar-refractivity contribution in [3.8, 4) is 12.3 Å². The molecule has 0 aliphatic carbocycles. The fourth-order valence-corrected chi connectivity index (χ4v) is 1.45. The predicted octanol–water partition coefficient (Wildman–Crippen LogP) is 2.79. The highest BCUT2D eigenvalue weighted by atomic mass is 35.5. The number of amides is 1. The zero-order valence-electron chi connectivity index (χ0n) is 9.38. The highest BCUT2D eigenvalue weighted by Crippen LogP contribution is 2.16. The summed E-state index contributed by atoms with van der Waals surface area (Å²) < 4.78 is 0. The van der Waals surface area contributed by atoms with Crippen LogP contribution in [0.1, 0.15) is 29.3 Å². The summed E-state index contributed by atoms with van der Waals surface area (Å²) >= 11 is 5.94. The molecule has 3 heteroatoms. The molecule has 0 aliphatic heterocycles. The number of rotatable bonds is 3. The van der Waals surface area contributed by atoms with Gasteiger partial charge in [0.15, 0.2) is 0 Å². The Hall–Kier alpha value is -1.46. The second kappa shape index (κ2) is 5.58. The molecule has 84 valence electrons. The number of hydrogen-bond acceptors (Lipinski definition) is 1. The van der Waals surface area contributed by atoms with E-state index in [1.165, 1.54) is 0 Å². The van der Waals surface area contributed by atoms with Crippen molar-refractivity contribution in [2.75, 3.05) is 0 Å². The Labute approximate surface area is 101 Å². The maximum absolute atomic E-state index is 11.8. The molecular weight excluding hydrogens is 222 g/mol. The van der Waals surface area contributed by atoms with E-state index in [0.717, 1.165) is 5.56 Å². The summed E-state index contributed by atoms with van der Waals surface area (Å²) in [5, 5.41) is 3.40. The maximum atomic E-state index is 11.8. The third-order valence-electron chi connectivity index (χ3n) is 2.24. The molecule has 0 saturated heterocycles. The van der Waals surface area contributed by atoms with Gasteiger partial charge in [0.2, 0.25) is 0 Å². The van der Waals surface area contributed by atoms with Crippen molar-refractivity contribution >= 4 is 17.5 Å². The van der Waals surface area contributed by atoms with Crippen molar-refractivity contribution in [3.63, 3.8) is 0 Å². The van der Waals surface area contributed by atoms with Crippen LogP contribution in [0.4, 0.5) is 0 Å². The molecule has 0 spiro atoms. The van der Waals surface area contributed by atoms with Crippen LogP contribution in [-0.2, 0) is 0 Å². The van der Waals surface area contributed by atoms with E-state index >= 15 is 0 Å². The van der Waals surface area contributed by atoms with Crippen molar-refractivity contribution in [1.29, 1.82) is 0 Å². The van der Waals surface area contributed by atoms with E-state index in [-0.39, 0.29) is 11.9 Å². The topological polar surface area (TPSA) is 29.1 Å². The maximum Gasteiger partial charge on any atom is 0.251 e. The van der Waals surface area contributed by atoms with Gasteiger partial charge in [-0.25, -0.2) is 0 Å². The van der Waals surface area contributed by atoms with Crippen LogP contribution in [0.25, 0.3) is 0 Å². The number of aryl methyl sites for hydroxylation is 1. The summed E-state index contributed by atoms with van der Waals surface area (Å²) in [4.78, 5) is 11.8. The van der Waals surface area contributed by atoms with E-state index in [2.05, 4.69) is 11.2 Å². The largest absolute Gasteiger partial charge is 0.349 e. The van der Waals surface area contributed by atoms with Gasteiger partial charge in [-0.05, 0) is 31.5 Å². The minimum Gasteiger partial charge on any atom is -0.349 e. The lowest BCUT2D eigenvalue weighted by Crippen LogP contribution is -2.32. The van der Waals surface area contributed by atoms with Crippen LogP contribution < -0.4 is 5.32 Å². The highest BCUT2D eigenvalue weighted by Gasteiger charge is 2.09. The summed E-state index contributed by atoms with van der Waals surface area (Å²) in [5.74, 6) is 2.36. The number of nitrogens with one attached hydrogen (secondary N) is 1. The molecule has 0 heterocycles. The normalized spacial score (nSPS) is 11.6. The summed E-state index contributed by atoms with van der Waals surface area (Å²) in [6.45, 7) is 3.76. The van der Waals surface area contributed by atoms with Gasteiger partial charge in [-0.3, -0.25) is 4.79 Å². The zero-order valence-corrected chi connectivity index (χ0v) is 10.1. The lowest BCUT2D eigenvalue weighted by Gasteiger charge is -2.11. The van der Waals surface area contributed by atoms with Crippen molar-refractivity contribution in [2.24, 2.45) is 0 Å². The molecule has 16 heavy (non-hydrogen) atoms. The molecular formula is C13H14ClNO. The van der Waals surface area contributed by atoms with Gasteiger partial charge in [0, 0.05) is 23.0 Å². The van der Waals surface area contributed by atoms with E-state index in [9.17, 15) is 4.79 Å². The van der Waals surface area contributed by atoms with Gasteiger partial charge in [-0.2, -0.15) is 0 Å². The van der Waals surface area contributed by atoms with Crippen LogP contribution >= 0.6 is 11.6 Å². The number of terminal acetylenes is 1. The van der Waals surface area contributed by atoms with Gasteiger partial charge in [0.1, 0.15) is 0 Å². The smallest absolute Gasteiger partial charge is 0.251 e. The van der Waals surface area contributed by atoms with Crippen LogP contribution in [0.3, 0.4) is 0 Å². The van der Waals surface area contributed by atoms with Crippen molar-refractivity contribution in [1.82, 2.24) is 5.32 Å². The Balaban J connectivity index is 2.74. The summed E-state index contributed by atoms with van der Waals surface area (Å²) in [5.41, 5.74) is 1.51. The van der Waals surface area contributed by atoms with Gasteiger partial charge in [0.25, 0.3) is 5.91 Å². The Morgan fingerprint density at radius 1 is 1.62 bits per heavy atom. The molecule has 1 unspecified atom stereocenters. The molecule has 0 saturated carbocycles. The molecule has 2 nitrogen and oxygen atoms in total. The third kappa shape index (κ3) is 3.29. The lowest BCUT2D eigenvalue weighted by molar-refractivity contribution is 0.0941. The van der Waals surface area contributed by atoms with Gasteiger partial charge in [-0.15, -0.1) is 12.3 Å². The van der Waals surface area contributed by atoms with Crippen LogP contribution in [0.5, 0.6) is 0 Å². The molecule has 1 N–H and O–H groups in total. The molecule has 0 aliphatic rings. The number of benzene rings is 1. The summed E-state index contributed by atoms with van der Waals surface area (Å²) in [6, 6.07) is 5.20. The summed E-state index contributed by atoms with van der Waals surface area (Å²) in [7, 11) is 0. The van der Waals surface area contributed by atoms with Crippen molar-refractivity contribution in [2.45, 2.75) is 26.3 Å². The fourth-order valence-electron chi connectivity index (χ4n) is 1.27. The number of carbonyl (C=O) groups excluding carboxylic acids is 1. The second-order valence-electron chi connectivity index (χ2n) is 3.75. The van der Waals surface area contributed by atoms with Gasteiger partial charge < -0.3 is 5.32 Å². The molecule has 1 aromatic carbocycles. The van der Waals surface area contributed by atoms with E-state index < -0.39 is 0 Å². The molecule has 1 atom stereocenters. The minimum absolute atomic E-state index is 0.0300. The average molecular weight is 236 g/mol. The van der Waals surface area contributed by atoms with Crippen LogP contribution in [-0.4, -0.2) is 11.9 Å². The lowest BCUT2D eigenvalue weighted by atomic mass is 10.1. The van der Waals surface area contributed by atoms with E-state index in [1.54, 1.807) is 12.1 Å². The number of hydrogen-bond donors (Lipinski definition) is 1. The average Bonchev–Trinajstić information content (AvgIpc) is 2.22. The monoisotopic (exact) mass is 235 g/mol. The van der Waals surface area contributed by atoms with Crippen molar-refractivity contribution < 1.29 is 4.79 Å². The molecule has 0 fully saturated rings. The predicted molar refractivity (Wildman–Crippen MR) is 66.6 cm³/mol.